The Bertz CT molecular complexity index is 142. The summed E-state index contributed by atoms with van der Waals surface area (Å²) in [6, 6.07) is 0. The lowest BCUT2D eigenvalue weighted by molar-refractivity contribution is -0.00727. The molecule has 18 heavy (non-hydrogen) atoms. The van der Waals surface area contributed by atoms with E-state index in [0.29, 0.717) is 0 Å². The fraction of sp³-hybridized carbons (Fsp3) is 1.00. The predicted molar refractivity (Wildman–Crippen MR) is 78.9 cm³/mol. The van der Waals surface area contributed by atoms with Crippen LogP contribution < -0.4 is 0 Å². The summed E-state index contributed by atoms with van der Waals surface area (Å²) < 4.78 is 5.74. The average Bonchev–Trinajstić information content (AvgIpc) is 2.39. The van der Waals surface area contributed by atoms with Crippen molar-refractivity contribution >= 4 is 0 Å². The van der Waals surface area contributed by atoms with Crippen LogP contribution in [0.15, 0.2) is 0 Å². The third-order valence-electron chi connectivity index (χ3n) is 3.71. The van der Waals surface area contributed by atoms with Gasteiger partial charge in [0, 0.05) is 12.0 Å². The van der Waals surface area contributed by atoms with E-state index in [-0.39, 0.29) is 12.0 Å². The molecule has 0 amide bonds. The number of unbranched alkanes of at least 4 members (excludes halogenated alkanes) is 4. The van der Waals surface area contributed by atoms with Crippen LogP contribution in [0.4, 0.5) is 0 Å². The summed E-state index contributed by atoms with van der Waals surface area (Å²) in [7, 11) is 0. The lowest BCUT2D eigenvalue weighted by Gasteiger charge is -2.32. The van der Waals surface area contributed by atoms with Crippen molar-refractivity contribution in [2.75, 3.05) is 19.8 Å². The standard InChI is InChI=1S/C16H34O2/c1-4-7-9-11-16(14-17,12-10-8-5-2)15-18-13-6-3/h17H,4-15H2,1-3H3. The summed E-state index contributed by atoms with van der Waals surface area (Å²) >= 11 is 0. The molecule has 0 rings (SSSR count). The van der Waals surface area contributed by atoms with Gasteiger partial charge in [-0.3, -0.25) is 0 Å². The van der Waals surface area contributed by atoms with E-state index in [2.05, 4.69) is 20.8 Å². The van der Waals surface area contributed by atoms with Gasteiger partial charge in [-0.2, -0.15) is 0 Å². The second kappa shape index (κ2) is 12.0. The molecule has 0 aromatic rings. The summed E-state index contributed by atoms with van der Waals surface area (Å²) in [6.07, 6.45) is 10.8. The van der Waals surface area contributed by atoms with Crippen molar-refractivity contribution in [3.63, 3.8) is 0 Å². The highest BCUT2D eigenvalue weighted by Crippen LogP contribution is 2.31. The molecular formula is C16H34O2. The Morgan fingerprint density at radius 1 is 0.833 bits per heavy atom. The van der Waals surface area contributed by atoms with Crippen molar-refractivity contribution in [2.24, 2.45) is 5.41 Å². The van der Waals surface area contributed by atoms with Crippen molar-refractivity contribution in [3.05, 3.63) is 0 Å². The van der Waals surface area contributed by atoms with Crippen molar-refractivity contribution in [1.29, 1.82) is 0 Å². The van der Waals surface area contributed by atoms with Gasteiger partial charge in [-0.25, -0.2) is 0 Å². The smallest absolute Gasteiger partial charge is 0.0544 e. The number of ether oxygens (including phenoxy) is 1. The van der Waals surface area contributed by atoms with Gasteiger partial charge in [-0.1, -0.05) is 59.3 Å². The third-order valence-corrected chi connectivity index (χ3v) is 3.71. The maximum atomic E-state index is 9.79. The zero-order valence-corrected chi connectivity index (χ0v) is 12.8. The van der Waals surface area contributed by atoms with E-state index in [0.717, 1.165) is 32.5 Å². The number of aliphatic hydroxyl groups excluding tert-OH is 1. The Kier molecular flexibility index (Phi) is 11.9. The molecule has 0 radical (unpaired) electrons. The van der Waals surface area contributed by atoms with Crippen LogP contribution in [0.1, 0.15) is 78.6 Å². The predicted octanol–water partition coefficient (Wildman–Crippen LogP) is 4.55. The number of rotatable bonds is 13. The molecule has 0 saturated carbocycles. The SMILES string of the molecule is CCCCCC(CO)(CCCCC)COCCC. The fourth-order valence-corrected chi connectivity index (χ4v) is 2.41. The molecule has 1 N–H and O–H groups in total. The van der Waals surface area contributed by atoms with E-state index >= 15 is 0 Å². The lowest BCUT2D eigenvalue weighted by atomic mass is 9.79. The molecule has 2 heteroatoms. The molecule has 0 spiro atoms. The van der Waals surface area contributed by atoms with E-state index in [4.69, 9.17) is 4.74 Å². The molecule has 0 bridgehead atoms. The zero-order chi connectivity index (χ0) is 13.7. The Hall–Kier alpha value is -0.0800. The van der Waals surface area contributed by atoms with Crippen molar-refractivity contribution in [1.82, 2.24) is 0 Å². The molecule has 0 unspecified atom stereocenters. The van der Waals surface area contributed by atoms with Gasteiger partial charge in [0.25, 0.3) is 0 Å². The van der Waals surface area contributed by atoms with Gasteiger partial charge in [0.2, 0.25) is 0 Å². The first-order chi connectivity index (χ1) is 8.74. The van der Waals surface area contributed by atoms with Gasteiger partial charge in [-0.15, -0.1) is 0 Å². The van der Waals surface area contributed by atoms with Gasteiger partial charge >= 0.3 is 0 Å². The quantitative estimate of drug-likeness (QED) is 0.491. The second-order valence-electron chi connectivity index (χ2n) is 5.62. The largest absolute Gasteiger partial charge is 0.396 e. The van der Waals surface area contributed by atoms with Crippen LogP contribution in [0.2, 0.25) is 0 Å². The highest BCUT2D eigenvalue weighted by atomic mass is 16.5. The molecule has 110 valence electrons. The van der Waals surface area contributed by atoms with E-state index < -0.39 is 0 Å². The maximum absolute atomic E-state index is 9.79. The molecule has 0 aliphatic carbocycles. The van der Waals surface area contributed by atoms with Crippen LogP contribution in [0.25, 0.3) is 0 Å². The summed E-state index contributed by atoms with van der Waals surface area (Å²) in [5.41, 5.74) is 0.0273. The maximum Gasteiger partial charge on any atom is 0.0544 e. The van der Waals surface area contributed by atoms with Gasteiger partial charge in [-0.05, 0) is 19.3 Å². The van der Waals surface area contributed by atoms with E-state index in [9.17, 15) is 5.11 Å². The minimum absolute atomic E-state index is 0.0273. The third kappa shape index (κ3) is 8.10. The molecule has 2 nitrogen and oxygen atoms in total. The zero-order valence-electron chi connectivity index (χ0n) is 12.8. The molecular weight excluding hydrogens is 224 g/mol. The summed E-state index contributed by atoms with van der Waals surface area (Å²) in [6.45, 7) is 8.43. The van der Waals surface area contributed by atoms with E-state index in [1.54, 1.807) is 0 Å². The topological polar surface area (TPSA) is 29.5 Å². The second-order valence-corrected chi connectivity index (χ2v) is 5.62. The van der Waals surface area contributed by atoms with Crippen LogP contribution in [0.3, 0.4) is 0 Å². The highest BCUT2D eigenvalue weighted by Gasteiger charge is 2.28. The molecule has 0 aromatic carbocycles. The molecule has 0 saturated heterocycles. The molecule has 0 atom stereocenters. The van der Waals surface area contributed by atoms with Gasteiger partial charge in [0.05, 0.1) is 13.2 Å². The van der Waals surface area contributed by atoms with E-state index in [1.807, 2.05) is 0 Å². The monoisotopic (exact) mass is 258 g/mol. The van der Waals surface area contributed by atoms with E-state index in [1.165, 1.54) is 38.5 Å². The minimum atomic E-state index is 0.0273. The van der Waals surface area contributed by atoms with Crippen molar-refractivity contribution in [2.45, 2.75) is 78.6 Å². The Morgan fingerprint density at radius 3 is 1.78 bits per heavy atom. The van der Waals surface area contributed by atoms with Crippen molar-refractivity contribution < 1.29 is 9.84 Å². The number of hydrogen-bond acceptors (Lipinski definition) is 2. The fourth-order valence-electron chi connectivity index (χ4n) is 2.41. The molecule has 0 aromatic heterocycles. The van der Waals surface area contributed by atoms with Crippen LogP contribution in [-0.4, -0.2) is 24.9 Å². The summed E-state index contributed by atoms with van der Waals surface area (Å²) in [5.74, 6) is 0. The number of aliphatic hydroxyl groups is 1. The van der Waals surface area contributed by atoms with Crippen LogP contribution >= 0.6 is 0 Å². The highest BCUT2D eigenvalue weighted by molar-refractivity contribution is 4.78. The molecule has 0 heterocycles. The summed E-state index contributed by atoms with van der Waals surface area (Å²) in [4.78, 5) is 0. The lowest BCUT2D eigenvalue weighted by Crippen LogP contribution is -2.31. The molecule has 0 aliphatic rings. The van der Waals surface area contributed by atoms with Gasteiger partial charge in [0.1, 0.15) is 0 Å². The summed E-state index contributed by atoms with van der Waals surface area (Å²) in [5, 5.41) is 9.79. The van der Waals surface area contributed by atoms with Gasteiger partial charge in [0.15, 0.2) is 0 Å². The molecule has 0 fully saturated rings. The normalized spacial score (nSPS) is 12.0. The first-order valence-corrected chi connectivity index (χ1v) is 7.93. The van der Waals surface area contributed by atoms with Gasteiger partial charge < -0.3 is 9.84 Å². The minimum Gasteiger partial charge on any atom is -0.396 e. The Labute approximate surface area is 114 Å². The first kappa shape index (κ1) is 17.9. The van der Waals surface area contributed by atoms with Crippen LogP contribution in [0, 0.1) is 5.41 Å². The first-order valence-electron chi connectivity index (χ1n) is 7.93. The van der Waals surface area contributed by atoms with Crippen LogP contribution in [-0.2, 0) is 4.74 Å². The Balaban J connectivity index is 4.20. The Morgan fingerprint density at radius 2 is 1.39 bits per heavy atom. The number of hydrogen-bond donors (Lipinski definition) is 1. The van der Waals surface area contributed by atoms with Crippen LogP contribution in [0.5, 0.6) is 0 Å². The average molecular weight is 258 g/mol. The molecule has 0 aliphatic heterocycles. The van der Waals surface area contributed by atoms with Crippen molar-refractivity contribution in [3.8, 4) is 0 Å².